The summed E-state index contributed by atoms with van der Waals surface area (Å²) >= 11 is 5.02. The van der Waals surface area contributed by atoms with Gasteiger partial charge in [0.15, 0.2) is 0 Å². The van der Waals surface area contributed by atoms with Crippen LogP contribution < -0.4 is 0 Å². The van der Waals surface area contributed by atoms with Gasteiger partial charge >= 0.3 is 5.97 Å². The van der Waals surface area contributed by atoms with E-state index in [1.165, 1.54) is 0 Å². The van der Waals surface area contributed by atoms with Crippen molar-refractivity contribution in [1.82, 2.24) is 0 Å². The molecule has 0 spiro atoms. The van der Waals surface area contributed by atoms with Crippen molar-refractivity contribution < 1.29 is 19.4 Å². The summed E-state index contributed by atoms with van der Waals surface area (Å²) < 4.78 is 10.6. The Morgan fingerprint density at radius 2 is 2.20 bits per heavy atom. The summed E-state index contributed by atoms with van der Waals surface area (Å²) in [5, 5.41) is 8.01. The van der Waals surface area contributed by atoms with Crippen molar-refractivity contribution in [2.75, 3.05) is 5.62 Å². The minimum Gasteiger partial charge on any atom is -0.478 e. The molecule has 1 unspecified atom stereocenters. The van der Waals surface area contributed by atoms with Crippen LogP contribution in [0.1, 0.15) is 0 Å². The molecule has 0 amide bonds. The number of hydrogen-bond acceptors (Lipinski definition) is 2. The molecule has 0 aliphatic heterocycles. The van der Waals surface area contributed by atoms with Gasteiger partial charge in [0.05, 0.1) is 0 Å². The van der Waals surface area contributed by atoms with Crippen LogP contribution in [0.15, 0.2) is 11.9 Å². The fourth-order valence-electron chi connectivity index (χ4n) is 0.220. The maximum atomic E-state index is 10.6. The Bertz CT molecular complexity index is 199. The van der Waals surface area contributed by atoms with Gasteiger partial charge in [-0.3, -0.25) is 4.57 Å². The highest BCUT2D eigenvalue weighted by Crippen LogP contribution is 2.42. The molecule has 58 valence electrons. The minimum absolute atomic E-state index is 0.462. The molecule has 0 saturated carbocycles. The first-order valence-corrected chi connectivity index (χ1v) is 4.72. The van der Waals surface area contributed by atoms with Crippen LogP contribution in [0.4, 0.5) is 0 Å². The summed E-state index contributed by atoms with van der Waals surface area (Å²) in [6, 6.07) is 0. The van der Waals surface area contributed by atoms with Crippen LogP contribution >= 0.6 is 19.0 Å². The molecule has 0 aromatic rings. The Labute approximate surface area is 62.6 Å². The number of alkyl halides is 1. The summed E-state index contributed by atoms with van der Waals surface area (Å²) in [4.78, 5) is 18.4. The van der Waals surface area contributed by atoms with Gasteiger partial charge in [-0.25, -0.2) is 4.79 Å². The molecule has 0 saturated heterocycles. The smallest absolute Gasteiger partial charge is 0.328 e. The lowest BCUT2D eigenvalue weighted by molar-refractivity contribution is -0.131. The molecule has 0 heterocycles. The average molecular weight is 185 g/mol. The SMILES string of the molecule is O=C(O)/C=C/P(=O)(O)CCl. The van der Waals surface area contributed by atoms with Crippen LogP contribution in [0.2, 0.25) is 0 Å². The summed E-state index contributed by atoms with van der Waals surface area (Å²) in [6.07, 6.45) is 0.600. The third kappa shape index (κ3) is 4.56. The van der Waals surface area contributed by atoms with E-state index < -0.39 is 19.0 Å². The lowest BCUT2D eigenvalue weighted by Crippen LogP contribution is -1.86. The Hall–Kier alpha value is -0.310. The number of rotatable bonds is 3. The predicted molar refractivity (Wildman–Crippen MR) is 37.3 cm³/mol. The van der Waals surface area contributed by atoms with Crippen LogP contribution in [-0.4, -0.2) is 21.6 Å². The fourth-order valence-corrected chi connectivity index (χ4v) is 0.899. The highest BCUT2D eigenvalue weighted by molar-refractivity contribution is 7.62. The molecule has 0 aliphatic carbocycles. The number of carbonyl (C=O) groups is 1. The maximum Gasteiger partial charge on any atom is 0.328 e. The Morgan fingerprint density at radius 3 is 2.50 bits per heavy atom. The summed E-state index contributed by atoms with van der Waals surface area (Å²) in [5.74, 6) is -0.568. The summed E-state index contributed by atoms with van der Waals surface area (Å²) in [6.45, 7) is 0. The number of aliphatic carboxylic acids is 1. The van der Waals surface area contributed by atoms with E-state index in [4.69, 9.17) is 21.6 Å². The van der Waals surface area contributed by atoms with Crippen LogP contribution in [-0.2, 0) is 9.36 Å². The Kier molecular flexibility index (Phi) is 3.64. The third-order valence-electron chi connectivity index (χ3n) is 0.621. The van der Waals surface area contributed by atoms with Crippen molar-refractivity contribution in [3.8, 4) is 0 Å². The van der Waals surface area contributed by atoms with Crippen LogP contribution in [0.3, 0.4) is 0 Å². The van der Waals surface area contributed by atoms with Crippen molar-refractivity contribution in [3.05, 3.63) is 11.9 Å². The molecule has 0 radical (unpaired) electrons. The Morgan fingerprint density at radius 1 is 1.70 bits per heavy atom. The average Bonchev–Trinajstić information content (AvgIpc) is 1.85. The lowest BCUT2D eigenvalue weighted by Gasteiger charge is -1.96. The normalized spacial score (nSPS) is 17.0. The molecule has 0 aromatic carbocycles. The first-order chi connectivity index (χ1) is 4.48. The van der Waals surface area contributed by atoms with E-state index in [0.717, 1.165) is 0 Å². The molecule has 10 heavy (non-hydrogen) atoms. The molecule has 0 rings (SSSR count). The number of carboxylic acid groups (broad SMARTS) is 1. The van der Waals surface area contributed by atoms with E-state index in [2.05, 4.69) is 0 Å². The zero-order valence-electron chi connectivity index (χ0n) is 4.90. The first-order valence-electron chi connectivity index (χ1n) is 2.27. The molecular formula is C4H6ClO4P. The van der Waals surface area contributed by atoms with E-state index in [9.17, 15) is 9.36 Å². The summed E-state index contributed by atoms with van der Waals surface area (Å²) in [5.41, 5.74) is -0.462. The lowest BCUT2D eigenvalue weighted by atomic mass is 10.7. The molecule has 0 bridgehead atoms. The number of hydrogen-bond donors (Lipinski definition) is 2. The zero-order valence-corrected chi connectivity index (χ0v) is 6.55. The van der Waals surface area contributed by atoms with Gasteiger partial charge in [-0.1, -0.05) is 0 Å². The maximum absolute atomic E-state index is 10.6. The second-order valence-corrected chi connectivity index (χ2v) is 4.29. The van der Waals surface area contributed by atoms with Gasteiger partial charge in [0.1, 0.15) is 5.62 Å². The van der Waals surface area contributed by atoms with E-state index in [1.807, 2.05) is 0 Å². The standard InChI is InChI=1S/C4H6ClO4P/c5-3-10(8,9)2-1-4(6)7/h1-2H,3H2,(H,6,7)(H,8,9)/b2-1+. The van der Waals surface area contributed by atoms with E-state index in [0.29, 0.717) is 11.9 Å². The quantitative estimate of drug-likeness (QED) is 0.391. The highest BCUT2D eigenvalue weighted by Gasteiger charge is 2.10. The molecule has 0 aliphatic rings. The third-order valence-corrected chi connectivity index (χ3v) is 2.61. The Balaban J connectivity index is 4.13. The monoisotopic (exact) mass is 184 g/mol. The van der Waals surface area contributed by atoms with Crippen LogP contribution in [0.5, 0.6) is 0 Å². The molecule has 2 N–H and O–H groups in total. The van der Waals surface area contributed by atoms with Gasteiger partial charge in [-0.15, -0.1) is 11.6 Å². The van der Waals surface area contributed by atoms with Gasteiger partial charge in [0.2, 0.25) is 7.37 Å². The van der Waals surface area contributed by atoms with Gasteiger partial charge in [0.25, 0.3) is 0 Å². The molecule has 0 fully saturated rings. The van der Waals surface area contributed by atoms with Gasteiger partial charge in [-0.2, -0.15) is 0 Å². The van der Waals surface area contributed by atoms with E-state index >= 15 is 0 Å². The molecule has 0 aromatic heterocycles. The summed E-state index contributed by atoms with van der Waals surface area (Å²) in [7, 11) is -3.52. The van der Waals surface area contributed by atoms with Crippen molar-refractivity contribution in [3.63, 3.8) is 0 Å². The second-order valence-electron chi connectivity index (χ2n) is 1.53. The van der Waals surface area contributed by atoms with Crippen molar-refractivity contribution in [2.24, 2.45) is 0 Å². The molecule has 4 nitrogen and oxygen atoms in total. The first kappa shape index (κ1) is 9.69. The van der Waals surface area contributed by atoms with Gasteiger partial charge in [0, 0.05) is 11.9 Å². The van der Waals surface area contributed by atoms with Crippen molar-refractivity contribution >= 4 is 24.9 Å². The van der Waals surface area contributed by atoms with Crippen LogP contribution in [0, 0.1) is 0 Å². The van der Waals surface area contributed by atoms with Gasteiger partial charge in [-0.05, 0) is 0 Å². The minimum atomic E-state index is -3.52. The van der Waals surface area contributed by atoms with E-state index in [1.54, 1.807) is 0 Å². The van der Waals surface area contributed by atoms with Gasteiger partial charge < -0.3 is 10.00 Å². The topological polar surface area (TPSA) is 74.6 Å². The highest BCUT2D eigenvalue weighted by atomic mass is 35.5. The molecule has 1 atom stereocenters. The zero-order chi connectivity index (χ0) is 8.20. The number of halogens is 1. The molecular weight excluding hydrogens is 178 g/mol. The largest absolute Gasteiger partial charge is 0.478 e. The number of carboxylic acids is 1. The van der Waals surface area contributed by atoms with Crippen molar-refractivity contribution in [1.29, 1.82) is 0 Å². The van der Waals surface area contributed by atoms with Crippen LogP contribution in [0.25, 0.3) is 0 Å². The second kappa shape index (κ2) is 3.76. The van der Waals surface area contributed by atoms with E-state index in [-0.39, 0.29) is 0 Å². The molecule has 6 heteroatoms. The predicted octanol–water partition coefficient (Wildman–Crippen LogP) is 1.05. The van der Waals surface area contributed by atoms with Crippen molar-refractivity contribution in [2.45, 2.75) is 0 Å². The fraction of sp³-hybridized carbons (Fsp3) is 0.250.